The number of amides is 2. The summed E-state index contributed by atoms with van der Waals surface area (Å²) in [5, 5.41) is 8.95. The normalized spacial score (nSPS) is 9.86. The number of anilines is 1. The van der Waals surface area contributed by atoms with Gasteiger partial charge in [0.05, 0.1) is 7.11 Å². The first-order chi connectivity index (χ1) is 9.85. The number of carbonyl (C=O) groups excluding carboxylic acids is 2. The fourth-order valence-electron chi connectivity index (χ4n) is 1.66. The molecule has 0 heterocycles. The lowest BCUT2D eigenvalue weighted by Gasteiger charge is -2.26. The highest BCUT2D eigenvalue weighted by atomic mass is 16.5. The molecule has 0 fully saturated rings. The number of methoxy groups -OCH3 is 1. The zero-order valence-electron chi connectivity index (χ0n) is 12.2. The number of carboxylic acids is 1. The minimum atomic E-state index is -1.14. The second-order valence-corrected chi connectivity index (χ2v) is 4.53. The summed E-state index contributed by atoms with van der Waals surface area (Å²) in [7, 11) is 2.62. The van der Waals surface area contributed by atoms with E-state index in [2.05, 4.69) is 4.74 Å². The molecule has 1 aromatic carbocycles. The van der Waals surface area contributed by atoms with Crippen molar-refractivity contribution in [1.82, 2.24) is 4.90 Å². The number of benzene rings is 1. The Bertz CT molecular complexity index is 527. The predicted molar refractivity (Wildman–Crippen MR) is 76.2 cm³/mol. The standard InChI is InChI=1S/C14H18N2O5/c1-10-4-6-11(7-5-10)16(8-12(17)18)14(20)15(2)9-13(19)21-3/h4-7H,8-9H2,1-3H3,(H,17,18). The van der Waals surface area contributed by atoms with Gasteiger partial charge in [-0.15, -0.1) is 0 Å². The van der Waals surface area contributed by atoms with E-state index in [0.717, 1.165) is 15.4 Å². The number of likely N-dealkylation sites (N-methyl/N-ethyl adjacent to an activating group) is 1. The van der Waals surface area contributed by atoms with Gasteiger partial charge in [0.1, 0.15) is 13.1 Å². The van der Waals surface area contributed by atoms with Crippen molar-refractivity contribution in [1.29, 1.82) is 0 Å². The lowest BCUT2D eigenvalue weighted by molar-refractivity contribution is -0.141. The van der Waals surface area contributed by atoms with Gasteiger partial charge in [0, 0.05) is 12.7 Å². The molecular weight excluding hydrogens is 276 g/mol. The Balaban J connectivity index is 2.96. The van der Waals surface area contributed by atoms with Gasteiger partial charge in [-0.05, 0) is 19.1 Å². The van der Waals surface area contributed by atoms with Gasteiger partial charge in [-0.1, -0.05) is 17.7 Å². The first-order valence-electron chi connectivity index (χ1n) is 6.23. The Morgan fingerprint density at radius 3 is 2.19 bits per heavy atom. The Kier molecular flexibility index (Phi) is 5.71. The number of nitrogens with zero attached hydrogens (tertiary/aromatic N) is 2. The van der Waals surface area contributed by atoms with Crippen LogP contribution >= 0.6 is 0 Å². The number of hydrogen-bond donors (Lipinski definition) is 1. The molecule has 114 valence electrons. The Labute approximate surface area is 122 Å². The molecule has 0 aromatic heterocycles. The van der Waals surface area contributed by atoms with E-state index in [0.29, 0.717) is 5.69 Å². The van der Waals surface area contributed by atoms with Crippen molar-refractivity contribution in [2.24, 2.45) is 0 Å². The molecule has 0 aliphatic rings. The van der Waals surface area contributed by atoms with Crippen LogP contribution in [0.15, 0.2) is 24.3 Å². The van der Waals surface area contributed by atoms with Crippen molar-refractivity contribution in [3.8, 4) is 0 Å². The molecule has 7 heteroatoms. The van der Waals surface area contributed by atoms with Gasteiger partial charge in [0.2, 0.25) is 0 Å². The number of hydrogen-bond acceptors (Lipinski definition) is 4. The van der Waals surface area contributed by atoms with E-state index in [1.54, 1.807) is 24.3 Å². The van der Waals surface area contributed by atoms with Gasteiger partial charge in [-0.2, -0.15) is 0 Å². The average Bonchev–Trinajstić information content (AvgIpc) is 2.44. The largest absolute Gasteiger partial charge is 0.480 e. The molecule has 0 saturated carbocycles. The third kappa shape index (κ3) is 4.79. The number of carboxylic acid groups (broad SMARTS) is 1. The molecule has 0 atom stereocenters. The van der Waals surface area contributed by atoms with Crippen LogP contribution in [0.5, 0.6) is 0 Å². The van der Waals surface area contributed by atoms with Crippen LogP contribution < -0.4 is 4.90 Å². The molecule has 0 aliphatic heterocycles. The van der Waals surface area contributed by atoms with Crippen LogP contribution in [0.4, 0.5) is 10.5 Å². The fraction of sp³-hybridized carbons (Fsp3) is 0.357. The summed E-state index contributed by atoms with van der Waals surface area (Å²) in [6.45, 7) is 1.14. The monoisotopic (exact) mass is 294 g/mol. The topological polar surface area (TPSA) is 87.2 Å². The first kappa shape index (κ1) is 16.5. The highest BCUT2D eigenvalue weighted by Gasteiger charge is 2.23. The number of aryl methyl sites for hydroxylation is 1. The maximum absolute atomic E-state index is 12.3. The number of aliphatic carboxylic acids is 1. The molecule has 1 aromatic rings. The van der Waals surface area contributed by atoms with E-state index in [9.17, 15) is 14.4 Å². The summed E-state index contributed by atoms with van der Waals surface area (Å²) in [5.41, 5.74) is 1.44. The van der Waals surface area contributed by atoms with Crippen LogP contribution in [0.1, 0.15) is 5.56 Å². The molecule has 0 aliphatic carbocycles. The van der Waals surface area contributed by atoms with Gasteiger partial charge >= 0.3 is 18.0 Å². The zero-order valence-corrected chi connectivity index (χ0v) is 12.2. The maximum Gasteiger partial charge on any atom is 0.325 e. The summed E-state index contributed by atoms with van der Waals surface area (Å²) >= 11 is 0. The molecule has 1 N–H and O–H groups in total. The summed E-state index contributed by atoms with van der Waals surface area (Å²) < 4.78 is 4.49. The van der Waals surface area contributed by atoms with Crippen molar-refractivity contribution in [2.45, 2.75) is 6.92 Å². The third-order valence-electron chi connectivity index (χ3n) is 2.79. The molecule has 21 heavy (non-hydrogen) atoms. The Morgan fingerprint density at radius 2 is 1.71 bits per heavy atom. The van der Waals surface area contributed by atoms with Crippen molar-refractivity contribution in [2.75, 3.05) is 32.1 Å². The summed E-state index contributed by atoms with van der Waals surface area (Å²) in [6.07, 6.45) is 0. The SMILES string of the molecule is COC(=O)CN(C)C(=O)N(CC(=O)O)c1ccc(C)cc1. The molecule has 0 radical (unpaired) electrons. The van der Waals surface area contributed by atoms with Gasteiger partial charge in [0.15, 0.2) is 0 Å². The summed E-state index contributed by atoms with van der Waals surface area (Å²) in [6, 6.07) is 6.27. The van der Waals surface area contributed by atoms with Crippen LogP contribution in [0, 0.1) is 6.92 Å². The van der Waals surface area contributed by atoms with Gasteiger partial charge in [-0.3, -0.25) is 14.5 Å². The second-order valence-electron chi connectivity index (χ2n) is 4.53. The minimum Gasteiger partial charge on any atom is -0.480 e. The highest BCUT2D eigenvalue weighted by Crippen LogP contribution is 2.16. The molecule has 1 rings (SSSR count). The Morgan fingerprint density at radius 1 is 1.14 bits per heavy atom. The van der Waals surface area contributed by atoms with Crippen molar-refractivity contribution >= 4 is 23.7 Å². The molecule has 0 spiro atoms. The lowest BCUT2D eigenvalue weighted by Crippen LogP contribution is -2.45. The molecule has 0 unspecified atom stereocenters. The third-order valence-corrected chi connectivity index (χ3v) is 2.79. The van der Waals surface area contributed by atoms with Crippen LogP contribution in [0.25, 0.3) is 0 Å². The quantitative estimate of drug-likeness (QED) is 0.822. The van der Waals surface area contributed by atoms with Crippen LogP contribution in [0.2, 0.25) is 0 Å². The number of esters is 1. The molecule has 0 bridgehead atoms. The molecule has 0 saturated heterocycles. The smallest absolute Gasteiger partial charge is 0.325 e. The van der Waals surface area contributed by atoms with E-state index in [1.165, 1.54) is 14.2 Å². The van der Waals surface area contributed by atoms with Gasteiger partial charge < -0.3 is 14.7 Å². The summed E-state index contributed by atoms with van der Waals surface area (Å²) in [5.74, 6) is -1.72. The molecule has 7 nitrogen and oxygen atoms in total. The van der Waals surface area contributed by atoms with Crippen molar-refractivity contribution in [3.05, 3.63) is 29.8 Å². The van der Waals surface area contributed by atoms with Crippen LogP contribution in [0.3, 0.4) is 0 Å². The van der Waals surface area contributed by atoms with Gasteiger partial charge in [-0.25, -0.2) is 4.79 Å². The predicted octanol–water partition coefficient (Wildman–Crippen LogP) is 1.11. The van der Waals surface area contributed by atoms with Crippen LogP contribution in [-0.2, 0) is 14.3 Å². The van der Waals surface area contributed by atoms with E-state index >= 15 is 0 Å². The Hall–Kier alpha value is -2.57. The number of carbonyl (C=O) groups is 3. The number of rotatable bonds is 5. The number of urea groups is 1. The van der Waals surface area contributed by atoms with E-state index in [4.69, 9.17) is 5.11 Å². The van der Waals surface area contributed by atoms with Crippen molar-refractivity contribution < 1.29 is 24.2 Å². The lowest BCUT2D eigenvalue weighted by atomic mass is 10.2. The van der Waals surface area contributed by atoms with Gasteiger partial charge in [0.25, 0.3) is 0 Å². The van der Waals surface area contributed by atoms with E-state index in [1.807, 2.05) is 6.92 Å². The fourth-order valence-corrected chi connectivity index (χ4v) is 1.66. The molecular formula is C14H18N2O5. The maximum atomic E-state index is 12.3. The summed E-state index contributed by atoms with van der Waals surface area (Å²) in [4.78, 5) is 36.6. The second kappa shape index (κ2) is 7.28. The first-order valence-corrected chi connectivity index (χ1v) is 6.23. The molecule has 2 amide bonds. The number of ether oxygens (including phenoxy) is 1. The average molecular weight is 294 g/mol. The van der Waals surface area contributed by atoms with E-state index in [-0.39, 0.29) is 6.54 Å². The minimum absolute atomic E-state index is 0.253. The highest BCUT2D eigenvalue weighted by molar-refractivity contribution is 5.97. The van der Waals surface area contributed by atoms with Crippen molar-refractivity contribution in [3.63, 3.8) is 0 Å². The van der Waals surface area contributed by atoms with Crippen LogP contribution in [-0.4, -0.2) is 55.2 Å². The van der Waals surface area contributed by atoms with E-state index < -0.39 is 24.5 Å². The zero-order chi connectivity index (χ0) is 16.0.